The maximum absolute atomic E-state index is 5.91. The fourth-order valence-corrected chi connectivity index (χ4v) is 3.19. The van der Waals surface area contributed by atoms with Crippen molar-refractivity contribution in [1.29, 1.82) is 0 Å². The third-order valence-corrected chi connectivity index (χ3v) is 3.74. The Morgan fingerprint density at radius 2 is 1.39 bits per heavy atom. The zero-order valence-corrected chi connectivity index (χ0v) is 14.3. The normalized spacial score (nSPS) is 12.1. The van der Waals surface area contributed by atoms with Crippen molar-refractivity contribution in [2.75, 3.05) is 0 Å². The molecule has 0 N–H and O–H groups in total. The van der Waals surface area contributed by atoms with E-state index in [1.54, 1.807) is 0 Å². The van der Waals surface area contributed by atoms with Gasteiger partial charge in [-0.25, -0.2) is 0 Å². The molecule has 0 amide bonds. The molecule has 0 saturated heterocycles. The van der Waals surface area contributed by atoms with Crippen molar-refractivity contribution in [3.05, 3.63) is 36.4 Å². The molecular formula is C14H24O2Si2. The summed E-state index contributed by atoms with van der Waals surface area (Å²) < 4.78 is 11.8. The minimum absolute atomic E-state index is 0.758. The predicted octanol–water partition coefficient (Wildman–Crippen LogP) is 4.72. The van der Waals surface area contributed by atoms with Crippen LogP contribution in [0.5, 0.6) is 5.75 Å². The highest BCUT2D eigenvalue weighted by Gasteiger charge is 2.18. The largest absolute Gasteiger partial charge is 0.544 e. The smallest absolute Gasteiger partial charge is 0.242 e. The monoisotopic (exact) mass is 280 g/mol. The molecule has 0 heterocycles. The fraction of sp³-hybridized carbons (Fsp3) is 0.429. The molecular weight excluding hydrogens is 256 g/mol. The molecule has 0 aliphatic carbocycles. The van der Waals surface area contributed by atoms with Crippen molar-refractivity contribution in [2.45, 2.75) is 39.3 Å². The van der Waals surface area contributed by atoms with E-state index in [1.807, 2.05) is 24.3 Å². The lowest BCUT2D eigenvalue weighted by atomic mass is 10.2. The average Bonchev–Trinajstić information content (AvgIpc) is 2.13. The van der Waals surface area contributed by atoms with Gasteiger partial charge in [0.1, 0.15) is 11.5 Å². The van der Waals surface area contributed by atoms with Crippen LogP contribution in [0.15, 0.2) is 30.8 Å². The molecule has 4 heteroatoms. The molecule has 0 radical (unpaired) electrons. The van der Waals surface area contributed by atoms with Gasteiger partial charge in [0.05, 0.1) is 0 Å². The van der Waals surface area contributed by atoms with Crippen molar-refractivity contribution < 1.29 is 8.85 Å². The van der Waals surface area contributed by atoms with E-state index in [4.69, 9.17) is 8.85 Å². The van der Waals surface area contributed by atoms with Crippen molar-refractivity contribution in [1.82, 2.24) is 0 Å². The van der Waals surface area contributed by atoms with Crippen LogP contribution in [0.2, 0.25) is 39.3 Å². The first-order valence-corrected chi connectivity index (χ1v) is 13.1. The average molecular weight is 281 g/mol. The molecule has 1 rings (SSSR count). The van der Waals surface area contributed by atoms with Crippen molar-refractivity contribution in [2.24, 2.45) is 0 Å². The topological polar surface area (TPSA) is 18.5 Å². The Morgan fingerprint density at radius 1 is 0.889 bits per heavy atom. The molecule has 1 aromatic carbocycles. The Hall–Kier alpha value is -1.01. The Balaban J connectivity index is 2.74. The lowest BCUT2D eigenvalue weighted by Crippen LogP contribution is -2.29. The quantitative estimate of drug-likeness (QED) is 0.574. The zero-order valence-electron chi connectivity index (χ0n) is 12.3. The van der Waals surface area contributed by atoms with Crippen molar-refractivity contribution in [3.63, 3.8) is 0 Å². The Bertz CT molecular complexity index is 411. The summed E-state index contributed by atoms with van der Waals surface area (Å²) in [5, 5.41) is 0. The third kappa shape index (κ3) is 5.55. The van der Waals surface area contributed by atoms with Crippen LogP contribution in [0.25, 0.3) is 5.76 Å². The molecule has 2 nitrogen and oxygen atoms in total. The molecule has 0 unspecified atom stereocenters. The Labute approximate surface area is 113 Å². The minimum atomic E-state index is -1.58. The number of rotatable bonds is 5. The molecule has 0 bridgehead atoms. The third-order valence-electron chi connectivity index (χ3n) is 2.03. The van der Waals surface area contributed by atoms with Gasteiger partial charge in [0.15, 0.2) is 0 Å². The number of hydrogen-bond donors (Lipinski definition) is 0. The lowest BCUT2D eigenvalue weighted by molar-refractivity contribution is 0.516. The van der Waals surface area contributed by atoms with E-state index in [-0.39, 0.29) is 0 Å². The highest BCUT2D eigenvalue weighted by Crippen LogP contribution is 2.23. The summed E-state index contributed by atoms with van der Waals surface area (Å²) in [5.74, 6) is 1.69. The van der Waals surface area contributed by atoms with Gasteiger partial charge in [0, 0.05) is 5.56 Å². The van der Waals surface area contributed by atoms with E-state index in [2.05, 4.69) is 45.9 Å². The van der Waals surface area contributed by atoms with Crippen LogP contribution < -0.4 is 4.43 Å². The zero-order chi connectivity index (χ0) is 14.0. The summed E-state index contributed by atoms with van der Waals surface area (Å²) in [6, 6.07) is 8.01. The second kappa shape index (κ2) is 5.32. The van der Waals surface area contributed by atoms with Gasteiger partial charge in [-0.15, -0.1) is 0 Å². The molecule has 18 heavy (non-hydrogen) atoms. The van der Waals surface area contributed by atoms with Gasteiger partial charge >= 0.3 is 0 Å². The van der Waals surface area contributed by atoms with Crippen molar-refractivity contribution in [3.8, 4) is 5.75 Å². The van der Waals surface area contributed by atoms with Crippen LogP contribution in [0.1, 0.15) is 5.56 Å². The summed E-state index contributed by atoms with van der Waals surface area (Å²) in [6.07, 6.45) is 0. The summed E-state index contributed by atoms with van der Waals surface area (Å²) >= 11 is 0. The van der Waals surface area contributed by atoms with E-state index in [9.17, 15) is 0 Å². The lowest BCUT2D eigenvalue weighted by Gasteiger charge is -2.22. The molecule has 100 valence electrons. The molecule has 0 saturated carbocycles. The fourth-order valence-electron chi connectivity index (χ4n) is 1.49. The Morgan fingerprint density at radius 3 is 1.78 bits per heavy atom. The standard InChI is InChI=1S/C14H24O2Si2/c1-12(15-17(2,3)4)13-8-10-14(11-9-13)16-18(5,6)7/h8-11H,1H2,2-7H3. The van der Waals surface area contributed by atoms with Gasteiger partial charge in [-0.1, -0.05) is 6.58 Å². The van der Waals surface area contributed by atoms with E-state index < -0.39 is 16.6 Å². The molecule has 0 fully saturated rings. The summed E-state index contributed by atoms with van der Waals surface area (Å²) in [5.41, 5.74) is 1.03. The van der Waals surface area contributed by atoms with E-state index in [1.165, 1.54) is 0 Å². The maximum Gasteiger partial charge on any atom is 0.242 e. The molecule has 1 aromatic rings. The number of benzene rings is 1. The molecule has 0 spiro atoms. The van der Waals surface area contributed by atoms with E-state index in [0.29, 0.717) is 0 Å². The second-order valence-corrected chi connectivity index (χ2v) is 15.2. The van der Waals surface area contributed by atoms with Gasteiger partial charge in [0.2, 0.25) is 16.6 Å². The summed E-state index contributed by atoms with van der Waals surface area (Å²) in [4.78, 5) is 0. The first-order chi connectivity index (χ1) is 8.07. The SMILES string of the molecule is C=C(O[Si](C)(C)C)c1ccc(O[Si](C)(C)C)cc1. The van der Waals surface area contributed by atoms with Gasteiger partial charge in [0.25, 0.3) is 0 Å². The molecule has 0 aliphatic heterocycles. The van der Waals surface area contributed by atoms with Crippen LogP contribution >= 0.6 is 0 Å². The van der Waals surface area contributed by atoms with Gasteiger partial charge in [-0.2, -0.15) is 0 Å². The first-order valence-electron chi connectivity index (χ1n) is 6.24. The van der Waals surface area contributed by atoms with Crippen LogP contribution in [-0.2, 0) is 4.43 Å². The maximum atomic E-state index is 5.91. The molecule has 0 aromatic heterocycles. The molecule has 0 atom stereocenters. The second-order valence-electron chi connectivity index (χ2n) is 6.38. The summed E-state index contributed by atoms with van der Waals surface area (Å²) in [6.45, 7) is 17.0. The predicted molar refractivity (Wildman–Crippen MR) is 83.9 cm³/mol. The first kappa shape index (κ1) is 15.1. The van der Waals surface area contributed by atoms with Crippen LogP contribution in [0.3, 0.4) is 0 Å². The highest BCUT2D eigenvalue weighted by atomic mass is 28.4. The van der Waals surface area contributed by atoms with Gasteiger partial charge in [-0.05, 0) is 63.5 Å². The van der Waals surface area contributed by atoms with E-state index >= 15 is 0 Å². The van der Waals surface area contributed by atoms with E-state index in [0.717, 1.165) is 17.1 Å². The van der Waals surface area contributed by atoms with Crippen LogP contribution in [0, 0.1) is 0 Å². The highest BCUT2D eigenvalue weighted by molar-refractivity contribution is 6.70. The Kier molecular flexibility index (Phi) is 4.45. The van der Waals surface area contributed by atoms with Crippen LogP contribution in [-0.4, -0.2) is 16.6 Å². The minimum Gasteiger partial charge on any atom is -0.544 e. The van der Waals surface area contributed by atoms with Gasteiger partial charge < -0.3 is 8.85 Å². The van der Waals surface area contributed by atoms with Gasteiger partial charge in [-0.3, -0.25) is 0 Å². The van der Waals surface area contributed by atoms with Crippen LogP contribution in [0.4, 0.5) is 0 Å². The van der Waals surface area contributed by atoms with Crippen molar-refractivity contribution >= 4 is 22.4 Å². The summed E-state index contributed by atoms with van der Waals surface area (Å²) in [7, 11) is -3.11. The number of hydrogen-bond acceptors (Lipinski definition) is 2. The molecule has 0 aliphatic rings.